The van der Waals surface area contributed by atoms with Crippen molar-refractivity contribution in [3.63, 3.8) is 0 Å². The molecule has 1 atom stereocenters. The van der Waals surface area contributed by atoms with Gasteiger partial charge in [-0.3, -0.25) is 0 Å². The molecule has 0 amide bonds. The molecule has 0 saturated carbocycles. The van der Waals surface area contributed by atoms with Crippen LogP contribution in [0.3, 0.4) is 0 Å². The molecule has 3 heteroatoms. The summed E-state index contributed by atoms with van der Waals surface area (Å²) in [5.41, 5.74) is 10.0. The Hall–Kier alpha value is -0.830. The Morgan fingerprint density at radius 2 is 1.74 bits per heavy atom. The molecule has 2 rings (SSSR count). The van der Waals surface area contributed by atoms with Crippen LogP contribution >= 0.6 is 22.9 Å². The van der Waals surface area contributed by atoms with Crippen LogP contribution in [0.15, 0.2) is 29.6 Å². The highest BCUT2D eigenvalue weighted by Crippen LogP contribution is 2.35. The summed E-state index contributed by atoms with van der Waals surface area (Å²) in [6.45, 7) is 8.64. The fourth-order valence-corrected chi connectivity index (χ4v) is 3.34. The van der Waals surface area contributed by atoms with Crippen molar-refractivity contribution in [3.8, 4) is 0 Å². The second kappa shape index (κ2) is 5.28. The molecule has 0 aliphatic rings. The number of rotatable bonds is 2. The maximum absolute atomic E-state index is 6.32. The third-order valence-corrected chi connectivity index (χ3v) is 5.14. The van der Waals surface area contributed by atoms with E-state index in [-0.39, 0.29) is 11.5 Å². The van der Waals surface area contributed by atoms with E-state index in [0.717, 1.165) is 21.0 Å². The summed E-state index contributed by atoms with van der Waals surface area (Å²) in [7, 11) is 0. The maximum atomic E-state index is 6.32. The smallest absolute Gasteiger partial charge is 0.0661 e. The summed E-state index contributed by atoms with van der Waals surface area (Å²) < 4.78 is 0. The van der Waals surface area contributed by atoms with Crippen LogP contribution in [-0.2, 0) is 5.41 Å². The molecule has 1 nitrogen and oxygen atoms in total. The van der Waals surface area contributed by atoms with Crippen LogP contribution in [0.1, 0.15) is 48.4 Å². The van der Waals surface area contributed by atoms with Crippen LogP contribution in [0.5, 0.6) is 0 Å². The van der Waals surface area contributed by atoms with Crippen LogP contribution < -0.4 is 5.73 Å². The fraction of sp³-hybridized carbons (Fsp3) is 0.375. The average molecular weight is 294 g/mol. The number of hydrogen-bond acceptors (Lipinski definition) is 2. The molecule has 1 aromatic carbocycles. The summed E-state index contributed by atoms with van der Waals surface area (Å²) >= 11 is 7.92. The molecule has 1 unspecified atom stereocenters. The van der Waals surface area contributed by atoms with Gasteiger partial charge in [0.2, 0.25) is 0 Å². The highest BCUT2D eigenvalue weighted by Gasteiger charge is 2.18. The van der Waals surface area contributed by atoms with E-state index in [1.165, 1.54) is 5.56 Å². The Kier molecular flexibility index (Phi) is 4.05. The standard InChI is InChI=1S/C16H20ClNS/c1-10-9-19-15(13(10)17)14(18)11-5-7-12(8-6-11)16(2,3)4/h5-9,14H,18H2,1-4H3. The monoisotopic (exact) mass is 293 g/mol. The molecule has 0 spiro atoms. The number of nitrogens with two attached hydrogens (primary N) is 1. The zero-order chi connectivity index (χ0) is 14.2. The van der Waals surface area contributed by atoms with Crippen molar-refractivity contribution in [1.29, 1.82) is 0 Å². The molecule has 0 fully saturated rings. The molecular weight excluding hydrogens is 274 g/mol. The lowest BCUT2D eigenvalue weighted by atomic mass is 9.86. The highest BCUT2D eigenvalue weighted by molar-refractivity contribution is 7.10. The van der Waals surface area contributed by atoms with E-state index < -0.39 is 0 Å². The van der Waals surface area contributed by atoms with Gasteiger partial charge in [0, 0.05) is 4.88 Å². The first kappa shape index (κ1) is 14.6. The Balaban J connectivity index is 2.30. The number of aryl methyl sites for hydroxylation is 1. The third kappa shape index (κ3) is 3.02. The van der Waals surface area contributed by atoms with Crippen molar-refractivity contribution in [2.45, 2.75) is 39.2 Å². The van der Waals surface area contributed by atoms with Gasteiger partial charge in [-0.05, 0) is 34.4 Å². The summed E-state index contributed by atoms with van der Waals surface area (Å²) in [4.78, 5) is 1.04. The normalized spacial score (nSPS) is 13.6. The topological polar surface area (TPSA) is 26.0 Å². The van der Waals surface area contributed by atoms with Gasteiger partial charge in [-0.15, -0.1) is 11.3 Å². The predicted octanol–water partition coefficient (Wildman–Crippen LogP) is 5.06. The van der Waals surface area contributed by atoms with Gasteiger partial charge in [-0.25, -0.2) is 0 Å². The van der Waals surface area contributed by atoms with E-state index in [2.05, 4.69) is 50.4 Å². The van der Waals surface area contributed by atoms with Crippen LogP contribution in [0.25, 0.3) is 0 Å². The molecule has 0 bridgehead atoms. The lowest BCUT2D eigenvalue weighted by Crippen LogP contribution is -2.13. The summed E-state index contributed by atoms with van der Waals surface area (Å²) in [6.07, 6.45) is 0. The van der Waals surface area contributed by atoms with Crippen LogP contribution in [0.2, 0.25) is 5.02 Å². The molecule has 0 aliphatic heterocycles. The van der Waals surface area contributed by atoms with E-state index in [1.54, 1.807) is 11.3 Å². The van der Waals surface area contributed by atoms with Gasteiger partial charge in [0.1, 0.15) is 0 Å². The molecule has 2 N–H and O–H groups in total. The lowest BCUT2D eigenvalue weighted by molar-refractivity contribution is 0.590. The quantitative estimate of drug-likeness (QED) is 0.823. The molecule has 0 radical (unpaired) electrons. The number of hydrogen-bond donors (Lipinski definition) is 1. The predicted molar refractivity (Wildman–Crippen MR) is 85.2 cm³/mol. The SMILES string of the molecule is Cc1csc(C(N)c2ccc(C(C)(C)C)cc2)c1Cl. The van der Waals surface area contributed by atoms with Crippen molar-refractivity contribution in [1.82, 2.24) is 0 Å². The molecule has 0 saturated heterocycles. The van der Waals surface area contributed by atoms with E-state index in [0.29, 0.717) is 0 Å². The summed E-state index contributed by atoms with van der Waals surface area (Å²) in [5, 5.41) is 2.86. The summed E-state index contributed by atoms with van der Waals surface area (Å²) in [5.74, 6) is 0. The van der Waals surface area contributed by atoms with Crippen LogP contribution in [0, 0.1) is 6.92 Å². The van der Waals surface area contributed by atoms with Crippen molar-refractivity contribution in [3.05, 3.63) is 56.2 Å². The van der Waals surface area contributed by atoms with Gasteiger partial charge >= 0.3 is 0 Å². The first-order valence-corrected chi connectivity index (χ1v) is 7.66. The highest BCUT2D eigenvalue weighted by atomic mass is 35.5. The van der Waals surface area contributed by atoms with Gasteiger partial charge in [-0.1, -0.05) is 56.6 Å². The second-order valence-electron chi connectivity index (χ2n) is 5.95. The van der Waals surface area contributed by atoms with Crippen LogP contribution in [0.4, 0.5) is 0 Å². The molecule has 1 aromatic heterocycles. The number of halogens is 1. The summed E-state index contributed by atoms with van der Waals surface area (Å²) in [6, 6.07) is 8.39. The van der Waals surface area contributed by atoms with Gasteiger partial charge in [0.15, 0.2) is 0 Å². The minimum Gasteiger partial charge on any atom is -0.320 e. The molecule has 1 heterocycles. The Morgan fingerprint density at radius 1 is 1.16 bits per heavy atom. The molecule has 0 aliphatic carbocycles. The minimum absolute atomic E-state index is 0.139. The van der Waals surface area contributed by atoms with E-state index in [1.807, 2.05) is 6.92 Å². The Bertz CT molecular complexity index is 563. The van der Waals surface area contributed by atoms with Crippen molar-refractivity contribution >= 4 is 22.9 Å². The first-order valence-electron chi connectivity index (χ1n) is 6.40. The fourth-order valence-electron chi connectivity index (χ4n) is 2.00. The molecule has 2 aromatic rings. The van der Waals surface area contributed by atoms with Crippen molar-refractivity contribution in [2.24, 2.45) is 5.73 Å². The van der Waals surface area contributed by atoms with Crippen molar-refractivity contribution in [2.75, 3.05) is 0 Å². The Labute approximate surface area is 124 Å². The van der Waals surface area contributed by atoms with E-state index in [4.69, 9.17) is 17.3 Å². The third-order valence-electron chi connectivity index (χ3n) is 3.34. The molecule has 102 valence electrons. The zero-order valence-electron chi connectivity index (χ0n) is 11.8. The van der Waals surface area contributed by atoms with Crippen molar-refractivity contribution < 1.29 is 0 Å². The second-order valence-corrected chi connectivity index (χ2v) is 7.24. The molecule has 19 heavy (non-hydrogen) atoms. The van der Waals surface area contributed by atoms with E-state index >= 15 is 0 Å². The zero-order valence-corrected chi connectivity index (χ0v) is 13.4. The van der Waals surface area contributed by atoms with Gasteiger partial charge < -0.3 is 5.73 Å². The van der Waals surface area contributed by atoms with Crippen LogP contribution in [-0.4, -0.2) is 0 Å². The average Bonchev–Trinajstić information content (AvgIpc) is 2.68. The molecular formula is C16H20ClNS. The minimum atomic E-state index is -0.139. The van der Waals surface area contributed by atoms with Gasteiger partial charge in [-0.2, -0.15) is 0 Å². The van der Waals surface area contributed by atoms with Gasteiger partial charge in [0.05, 0.1) is 11.1 Å². The Morgan fingerprint density at radius 3 is 2.16 bits per heavy atom. The maximum Gasteiger partial charge on any atom is 0.0661 e. The number of thiophene rings is 1. The largest absolute Gasteiger partial charge is 0.320 e. The lowest BCUT2D eigenvalue weighted by Gasteiger charge is -2.20. The number of benzene rings is 1. The first-order chi connectivity index (χ1) is 8.80. The van der Waals surface area contributed by atoms with Gasteiger partial charge in [0.25, 0.3) is 0 Å². The van der Waals surface area contributed by atoms with E-state index in [9.17, 15) is 0 Å².